The number of nitrogens with one attached hydrogen (secondary N) is 2. The lowest BCUT2D eigenvalue weighted by molar-refractivity contribution is -0.137. The van der Waals surface area contributed by atoms with Crippen molar-refractivity contribution in [2.45, 2.75) is 25.8 Å². The number of benzene rings is 2. The van der Waals surface area contributed by atoms with Crippen molar-refractivity contribution in [3.63, 3.8) is 0 Å². The van der Waals surface area contributed by atoms with E-state index in [4.69, 9.17) is 0 Å². The Morgan fingerprint density at radius 3 is 2.00 bits per heavy atom. The first-order valence-corrected chi connectivity index (χ1v) is 8.61. The SMILES string of the molecule is CN=C(NCc1cccc(CN(C)C)c1)NCc1cccc(C(F)(F)F)c1.I. The van der Waals surface area contributed by atoms with Crippen LogP contribution in [0.3, 0.4) is 0 Å². The maximum atomic E-state index is 12.8. The number of nitrogens with zero attached hydrogens (tertiary/aromatic N) is 2. The van der Waals surface area contributed by atoms with Crippen LogP contribution in [0.4, 0.5) is 13.2 Å². The van der Waals surface area contributed by atoms with Crippen molar-refractivity contribution in [2.75, 3.05) is 21.1 Å². The van der Waals surface area contributed by atoms with Crippen LogP contribution in [0, 0.1) is 0 Å². The second kappa shape index (κ2) is 11.3. The minimum Gasteiger partial charge on any atom is -0.352 e. The summed E-state index contributed by atoms with van der Waals surface area (Å²) in [6, 6.07) is 13.5. The Balaban J connectivity index is 0.00000392. The van der Waals surface area contributed by atoms with E-state index < -0.39 is 11.7 Å². The Hall–Kier alpha value is -1.81. The summed E-state index contributed by atoms with van der Waals surface area (Å²) >= 11 is 0. The van der Waals surface area contributed by atoms with Gasteiger partial charge in [-0.1, -0.05) is 36.4 Å². The first-order valence-electron chi connectivity index (χ1n) is 8.61. The average Bonchev–Trinajstić information content (AvgIpc) is 2.61. The zero-order valence-corrected chi connectivity index (χ0v) is 18.5. The minimum atomic E-state index is -4.34. The van der Waals surface area contributed by atoms with Crippen molar-refractivity contribution in [1.82, 2.24) is 15.5 Å². The topological polar surface area (TPSA) is 39.7 Å². The van der Waals surface area contributed by atoms with Gasteiger partial charge in [-0.15, -0.1) is 24.0 Å². The Labute approximate surface area is 181 Å². The molecule has 28 heavy (non-hydrogen) atoms. The molecule has 2 N–H and O–H groups in total. The lowest BCUT2D eigenvalue weighted by atomic mass is 10.1. The molecule has 0 saturated heterocycles. The largest absolute Gasteiger partial charge is 0.416 e. The number of alkyl halides is 3. The predicted molar refractivity (Wildman–Crippen MR) is 118 cm³/mol. The molecule has 0 aliphatic heterocycles. The number of aliphatic imine (C=N–C) groups is 1. The number of hydrogen-bond acceptors (Lipinski definition) is 2. The highest BCUT2D eigenvalue weighted by molar-refractivity contribution is 14.0. The molecule has 0 bridgehead atoms. The van der Waals surface area contributed by atoms with Crippen LogP contribution in [-0.4, -0.2) is 32.0 Å². The van der Waals surface area contributed by atoms with Gasteiger partial charge in [0, 0.05) is 26.7 Å². The standard InChI is InChI=1S/C20H25F3N4.HI/c1-24-19(25-12-15-6-4-8-17(10-15)14-27(2)3)26-13-16-7-5-9-18(11-16)20(21,22)23;/h4-11H,12-14H2,1-3H3,(H2,24,25,26);1H. The summed E-state index contributed by atoms with van der Waals surface area (Å²) in [7, 11) is 5.67. The number of hydrogen-bond donors (Lipinski definition) is 2. The number of guanidine groups is 1. The van der Waals surface area contributed by atoms with Crippen LogP contribution >= 0.6 is 24.0 Å². The molecule has 8 heteroatoms. The van der Waals surface area contributed by atoms with Gasteiger partial charge in [0.1, 0.15) is 0 Å². The quantitative estimate of drug-likeness (QED) is 0.350. The van der Waals surface area contributed by atoms with Crippen LogP contribution in [0.15, 0.2) is 53.5 Å². The van der Waals surface area contributed by atoms with Crippen LogP contribution in [0.5, 0.6) is 0 Å². The summed E-state index contributed by atoms with van der Waals surface area (Å²) in [5, 5.41) is 6.23. The second-order valence-electron chi connectivity index (χ2n) is 6.54. The smallest absolute Gasteiger partial charge is 0.352 e. The normalized spacial score (nSPS) is 11.9. The summed E-state index contributed by atoms with van der Waals surface area (Å²) in [5.41, 5.74) is 2.21. The first kappa shape index (κ1) is 24.2. The fourth-order valence-corrected chi connectivity index (χ4v) is 2.65. The molecular weight excluding hydrogens is 480 g/mol. The molecule has 4 nitrogen and oxygen atoms in total. The van der Waals surface area contributed by atoms with Gasteiger partial charge in [0.15, 0.2) is 5.96 Å². The first-order chi connectivity index (χ1) is 12.8. The van der Waals surface area contributed by atoms with Crippen LogP contribution in [0.2, 0.25) is 0 Å². The highest BCUT2D eigenvalue weighted by Crippen LogP contribution is 2.29. The number of halogens is 4. The fourth-order valence-electron chi connectivity index (χ4n) is 2.65. The molecule has 0 heterocycles. The van der Waals surface area contributed by atoms with Crippen molar-refractivity contribution in [2.24, 2.45) is 4.99 Å². The van der Waals surface area contributed by atoms with E-state index >= 15 is 0 Å². The van der Waals surface area contributed by atoms with E-state index in [9.17, 15) is 13.2 Å². The van der Waals surface area contributed by atoms with Crippen LogP contribution < -0.4 is 10.6 Å². The molecule has 0 unspecified atom stereocenters. The molecule has 0 radical (unpaired) electrons. The van der Waals surface area contributed by atoms with E-state index in [-0.39, 0.29) is 30.5 Å². The van der Waals surface area contributed by atoms with Crippen molar-refractivity contribution >= 4 is 29.9 Å². The third-order valence-electron chi connectivity index (χ3n) is 3.89. The molecule has 0 aliphatic carbocycles. The molecule has 0 fully saturated rings. The molecule has 2 aromatic rings. The molecule has 0 atom stereocenters. The van der Waals surface area contributed by atoms with Gasteiger partial charge in [-0.25, -0.2) is 0 Å². The van der Waals surface area contributed by atoms with Crippen molar-refractivity contribution in [1.29, 1.82) is 0 Å². The summed E-state index contributed by atoms with van der Waals surface area (Å²) in [6.45, 7) is 1.68. The van der Waals surface area contributed by atoms with Gasteiger partial charge in [-0.2, -0.15) is 13.2 Å². The maximum absolute atomic E-state index is 12.8. The molecule has 0 aliphatic rings. The van der Waals surface area contributed by atoms with E-state index in [0.29, 0.717) is 18.1 Å². The van der Waals surface area contributed by atoms with Crippen molar-refractivity contribution in [3.05, 3.63) is 70.8 Å². The fraction of sp³-hybridized carbons (Fsp3) is 0.350. The van der Waals surface area contributed by atoms with Crippen molar-refractivity contribution < 1.29 is 13.2 Å². The predicted octanol–water partition coefficient (Wildman–Crippen LogP) is 4.25. The van der Waals surface area contributed by atoms with Gasteiger partial charge in [-0.05, 0) is 42.9 Å². The zero-order valence-electron chi connectivity index (χ0n) is 16.2. The van der Waals surface area contributed by atoms with E-state index in [1.54, 1.807) is 13.1 Å². The Morgan fingerprint density at radius 1 is 0.929 bits per heavy atom. The van der Waals surface area contributed by atoms with Crippen LogP contribution in [-0.2, 0) is 25.8 Å². The summed E-state index contributed by atoms with van der Waals surface area (Å²) in [5.74, 6) is 0.533. The Morgan fingerprint density at radius 2 is 1.46 bits per heavy atom. The number of rotatable bonds is 6. The van der Waals surface area contributed by atoms with Gasteiger partial charge in [0.05, 0.1) is 5.56 Å². The van der Waals surface area contributed by atoms with Gasteiger partial charge >= 0.3 is 6.18 Å². The lowest BCUT2D eigenvalue weighted by Crippen LogP contribution is -2.36. The third kappa shape index (κ3) is 8.05. The third-order valence-corrected chi connectivity index (χ3v) is 3.89. The van der Waals surface area contributed by atoms with Gasteiger partial charge in [0.25, 0.3) is 0 Å². The minimum absolute atomic E-state index is 0. The molecule has 0 spiro atoms. The summed E-state index contributed by atoms with van der Waals surface area (Å²) < 4.78 is 38.4. The highest BCUT2D eigenvalue weighted by atomic mass is 127. The maximum Gasteiger partial charge on any atom is 0.416 e. The Kier molecular flexibility index (Phi) is 9.74. The summed E-state index contributed by atoms with van der Waals surface area (Å²) in [6.07, 6.45) is -4.34. The van der Waals surface area contributed by atoms with Crippen molar-refractivity contribution in [3.8, 4) is 0 Å². The molecular formula is C20H26F3IN4. The van der Waals surface area contributed by atoms with Crippen LogP contribution in [0.1, 0.15) is 22.3 Å². The second-order valence-corrected chi connectivity index (χ2v) is 6.54. The molecule has 2 rings (SSSR count). The molecule has 2 aromatic carbocycles. The average molecular weight is 506 g/mol. The molecule has 0 amide bonds. The van der Waals surface area contributed by atoms with E-state index in [1.165, 1.54) is 11.6 Å². The Bertz CT molecular complexity index is 776. The van der Waals surface area contributed by atoms with E-state index in [0.717, 1.165) is 24.2 Å². The molecule has 0 saturated carbocycles. The molecule has 0 aromatic heterocycles. The van der Waals surface area contributed by atoms with Crippen LogP contribution in [0.25, 0.3) is 0 Å². The van der Waals surface area contributed by atoms with Gasteiger partial charge in [0.2, 0.25) is 0 Å². The monoisotopic (exact) mass is 506 g/mol. The van der Waals surface area contributed by atoms with Gasteiger partial charge < -0.3 is 15.5 Å². The summed E-state index contributed by atoms with van der Waals surface area (Å²) in [4.78, 5) is 6.22. The van der Waals surface area contributed by atoms with E-state index in [1.807, 2.05) is 26.2 Å². The van der Waals surface area contributed by atoms with E-state index in [2.05, 4.69) is 32.7 Å². The molecule has 154 valence electrons. The lowest BCUT2D eigenvalue weighted by Gasteiger charge is -2.14. The van der Waals surface area contributed by atoms with Gasteiger partial charge in [-0.3, -0.25) is 4.99 Å². The zero-order chi connectivity index (χ0) is 19.9. The highest BCUT2D eigenvalue weighted by Gasteiger charge is 2.30.